The average Bonchev–Trinajstić information content (AvgIpc) is 3.02. The van der Waals surface area contributed by atoms with Crippen molar-refractivity contribution in [2.24, 2.45) is 0 Å². The standard InChI is InChI=1S/C40H40F4N2O2/c1-19-17-39(5,6)45-13-9-11-23-21(3)27(15-25(19)36(23)45)29(30-31(38(47)48)33(42)35(44)34(43)32(30)41)28-16-26-20(2)18-40(7,8)46-14-10-12-24(22(28)4)37(26)46/h15-18H,9-14H2,1-8H3/p+1. The molecule has 4 aliphatic rings. The van der Waals surface area contributed by atoms with Crippen LogP contribution in [0.5, 0.6) is 0 Å². The first-order valence-corrected chi connectivity index (χ1v) is 16.7. The molecule has 4 aliphatic heterocycles. The Labute approximate surface area is 278 Å². The van der Waals surface area contributed by atoms with Crippen LogP contribution in [0, 0.1) is 37.1 Å². The highest BCUT2D eigenvalue weighted by Gasteiger charge is 2.40. The van der Waals surface area contributed by atoms with E-state index in [0.717, 1.165) is 94.3 Å². The number of halogens is 4. The van der Waals surface area contributed by atoms with Crippen LogP contribution in [0.1, 0.15) is 109 Å². The van der Waals surface area contributed by atoms with Gasteiger partial charge in [0, 0.05) is 60.3 Å². The quantitative estimate of drug-likeness (QED) is 0.138. The van der Waals surface area contributed by atoms with Gasteiger partial charge < -0.3 is 10.0 Å². The third-order valence-corrected chi connectivity index (χ3v) is 11.2. The number of carboxylic acid groups (broad SMARTS) is 1. The molecule has 0 saturated heterocycles. The lowest BCUT2D eigenvalue weighted by atomic mass is 9.77. The van der Waals surface area contributed by atoms with Crippen molar-refractivity contribution in [1.82, 2.24) is 4.58 Å². The van der Waals surface area contributed by atoms with Crippen molar-refractivity contribution in [3.8, 4) is 0 Å². The zero-order valence-corrected chi connectivity index (χ0v) is 28.8. The van der Waals surface area contributed by atoms with Gasteiger partial charge in [-0.25, -0.2) is 26.9 Å². The largest absolute Gasteiger partial charge is 0.478 e. The van der Waals surface area contributed by atoms with Crippen LogP contribution >= 0.6 is 0 Å². The molecule has 0 aliphatic carbocycles. The molecule has 0 radical (unpaired) electrons. The lowest BCUT2D eigenvalue weighted by Crippen LogP contribution is -2.53. The summed E-state index contributed by atoms with van der Waals surface area (Å²) < 4.78 is 64.4. The minimum Gasteiger partial charge on any atom is -0.478 e. The van der Waals surface area contributed by atoms with Gasteiger partial charge in [0.25, 0.3) is 0 Å². The van der Waals surface area contributed by atoms with E-state index in [0.29, 0.717) is 10.8 Å². The number of hydrogen-bond acceptors (Lipinski definition) is 2. The summed E-state index contributed by atoms with van der Waals surface area (Å²) in [7, 11) is 0. The van der Waals surface area contributed by atoms with Gasteiger partial charge in [-0.15, -0.1) is 0 Å². The van der Waals surface area contributed by atoms with Gasteiger partial charge in [-0.2, -0.15) is 0 Å². The molecule has 1 N–H and O–H groups in total. The fourth-order valence-electron chi connectivity index (χ4n) is 9.05. The maximum atomic E-state index is 16.4. The highest BCUT2D eigenvalue weighted by atomic mass is 19.2. The molecule has 7 rings (SSSR count). The summed E-state index contributed by atoms with van der Waals surface area (Å²) in [6.07, 6.45) is 7.57. The third kappa shape index (κ3) is 4.40. The maximum absolute atomic E-state index is 16.4. The van der Waals surface area contributed by atoms with E-state index >= 15 is 13.2 Å². The topological polar surface area (TPSA) is 43.6 Å². The smallest absolute Gasteiger partial charge is 0.339 e. The van der Waals surface area contributed by atoms with Crippen molar-refractivity contribution in [2.75, 3.05) is 18.0 Å². The molecule has 3 aromatic carbocycles. The molecule has 0 bridgehead atoms. The molecular weight excluding hydrogens is 616 g/mol. The molecule has 8 heteroatoms. The highest BCUT2D eigenvalue weighted by molar-refractivity contribution is 5.99. The van der Waals surface area contributed by atoms with Crippen LogP contribution in [-0.2, 0) is 12.8 Å². The van der Waals surface area contributed by atoms with Gasteiger partial charge in [0.2, 0.25) is 5.36 Å². The minimum absolute atomic E-state index is 0.0558. The predicted octanol–water partition coefficient (Wildman–Crippen LogP) is 7.39. The van der Waals surface area contributed by atoms with Gasteiger partial charge in [-0.3, -0.25) is 0 Å². The normalized spacial score (nSPS) is 19.3. The Balaban J connectivity index is 1.74. The second-order valence-corrected chi connectivity index (χ2v) is 15.0. The highest BCUT2D eigenvalue weighted by Crippen LogP contribution is 2.47. The summed E-state index contributed by atoms with van der Waals surface area (Å²) in [6.45, 7) is 18.2. The second kappa shape index (κ2) is 10.6. The zero-order chi connectivity index (χ0) is 34.8. The summed E-state index contributed by atoms with van der Waals surface area (Å²) in [5, 5.41) is 11.9. The SMILES string of the molecule is CC1=CC(C)(C)N2CCCc3c(C)c(C(c4c(F)c(F)c(F)c(F)c4C(=O)O)=c4cc5c6c(c4C)CCC[N+]=6C(C)(C)C=C5C)cc1c32. The Bertz CT molecular complexity index is 2210. The van der Waals surface area contributed by atoms with E-state index in [4.69, 9.17) is 0 Å². The minimum atomic E-state index is -2.14. The van der Waals surface area contributed by atoms with Crippen molar-refractivity contribution in [3.63, 3.8) is 0 Å². The fraction of sp³-hybridized carbons (Fsp3) is 0.400. The number of carboxylic acids is 1. The Morgan fingerprint density at radius 2 is 1.42 bits per heavy atom. The summed E-state index contributed by atoms with van der Waals surface area (Å²) >= 11 is 0. The van der Waals surface area contributed by atoms with Crippen LogP contribution in [0.4, 0.5) is 23.2 Å². The van der Waals surface area contributed by atoms with Gasteiger partial charge in [-0.1, -0.05) is 6.08 Å². The molecule has 0 unspecified atom stereocenters. The third-order valence-electron chi connectivity index (χ3n) is 11.2. The molecule has 0 atom stereocenters. The van der Waals surface area contributed by atoms with Gasteiger partial charge in [0.15, 0.2) is 28.8 Å². The molecule has 48 heavy (non-hydrogen) atoms. The predicted molar refractivity (Wildman–Crippen MR) is 182 cm³/mol. The first-order valence-electron chi connectivity index (χ1n) is 16.7. The monoisotopic (exact) mass is 657 g/mol. The lowest BCUT2D eigenvalue weighted by molar-refractivity contribution is 0.0689. The van der Waals surface area contributed by atoms with Crippen LogP contribution in [0.15, 0.2) is 24.3 Å². The first kappa shape index (κ1) is 32.4. The number of anilines is 1. The number of allylic oxidation sites excluding steroid dienone is 2. The maximum Gasteiger partial charge on any atom is 0.339 e. The number of rotatable bonds is 3. The molecule has 250 valence electrons. The van der Waals surface area contributed by atoms with Crippen molar-refractivity contribution in [2.45, 2.75) is 92.2 Å². The Morgan fingerprint density at radius 1 is 0.792 bits per heavy atom. The number of hydrogen-bond donors (Lipinski definition) is 1. The van der Waals surface area contributed by atoms with Crippen LogP contribution < -0.4 is 20.1 Å². The van der Waals surface area contributed by atoms with E-state index < -0.39 is 40.4 Å². The van der Waals surface area contributed by atoms with Crippen LogP contribution in [0.2, 0.25) is 0 Å². The average molecular weight is 658 g/mol. The number of carbonyl (C=O) groups is 1. The van der Waals surface area contributed by atoms with E-state index in [1.54, 1.807) is 0 Å². The number of aromatic carboxylic acids is 1. The number of benzene rings is 3. The molecule has 0 amide bonds. The molecule has 0 saturated carbocycles. The van der Waals surface area contributed by atoms with Crippen molar-refractivity contribution in [1.29, 1.82) is 0 Å². The second-order valence-electron chi connectivity index (χ2n) is 15.0. The number of nitrogens with zero attached hydrogens (tertiary/aromatic N) is 2. The Morgan fingerprint density at radius 3 is 2.08 bits per heavy atom. The van der Waals surface area contributed by atoms with Crippen LogP contribution in [-0.4, -0.2) is 35.2 Å². The zero-order valence-electron chi connectivity index (χ0n) is 28.8. The van der Waals surface area contributed by atoms with E-state index in [-0.39, 0.29) is 16.7 Å². The molecule has 4 nitrogen and oxygen atoms in total. The summed E-state index contributed by atoms with van der Waals surface area (Å²) in [5.41, 5.74) is 6.55. The Kier molecular flexibility index (Phi) is 7.18. The van der Waals surface area contributed by atoms with Crippen LogP contribution in [0.3, 0.4) is 0 Å². The first-order chi connectivity index (χ1) is 22.5. The summed E-state index contributed by atoms with van der Waals surface area (Å²) in [5.74, 6) is -9.69. The molecule has 3 aromatic rings. The van der Waals surface area contributed by atoms with E-state index in [1.807, 2.05) is 39.8 Å². The lowest BCUT2D eigenvalue weighted by Gasteiger charge is -2.47. The van der Waals surface area contributed by atoms with Gasteiger partial charge in [0.05, 0.1) is 5.54 Å². The molecular formula is C40H41F4N2O2+. The molecule has 0 spiro atoms. The Hall–Kier alpha value is -4.20. The van der Waals surface area contributed by atoms with E-state index in [1.165, 1.54) is 0 Å². The van der Waals surface area contributed by atoms with Gasteiger partial charge in [-0.05, 0) is 118 Å². The fourth-order valence-corrected chi connectivity index (χ4v) is 9.05. The molecule has 0 fully saturated rings. The van der Waals surface area contributed by atoms with E-state index in [2.05, 4.69) is 49.3 Å². The van der Waals surface area contributed by atoms with E-state index in [9.17, 15) is 14.3 Å². The van der Waals surface area contributed by atoms with Crippen molar-refractivity contribution in [3.05, 3.63) is 108 Å². The summed E-state index contributed by atoms with van der Waals surface area (Å²) in [4.78, 5) is 15.1. The van der Waals surface area contributed by atoms with Crippen LogP contribution in [0.25, 0.3) is 16.7 Å². The van der Waals surface area contributed by atoms with Crippen molar-refractivity contribution >= 4 is 28.4 Å². The van der Waals surface area contributed by atoms with Gasteiger partial charge in [0.1, 0.15) is 12.1 Å². The molecule has 0 aromatic heterocycles. The van der Waals surface area contributed by atoms with Crippen molar-refractivity contribution < 1.29 is 27.5 Å². The molecule has 4 heterocycles. The summed E-state index contributed by atoms with van der Waals surface area (Å²) in [6, 6.07) is 3.82. The van der Waals surface area contributed by atoms with Gasteiger partial charge >= 0.3 is 5.97 Å².